The molecule has 0 amide bonds. The van der Waals surface area contributed by atoms with E-state index in [1.54, 1.807) is 0 Å². The molecule has 1 rings (SSSR count). The van der Waals surface area contributed by atoms with Crippen molar-refractivity contribution in [3.05, 3.63) is 11.8 Å². The number of hydrogen-bond donors (Lipinski definition) is 2. The third-order valence-corrected chi connectivity index (χ3v) is 1.78. The molecule has 0 aliphatic heterocycles. The summed E-state index contributed by atoms with van der Waals surface area (Å²) < 4.78 is 5.39. The third kappa shape index (κ3) is 3.94. The second-order valence-corrected chi connectivity index (χ2v) is 3.09. The molecule has 3 N–H and O–H groups in total. The highest BCUT2D eigenvalue weighted by molar-refractivity contribution is 5.11. The average Bonchev–Trinajstić information content (AvgIpc) is 2.51. The Bertz CT molecular complexity index is 235. The Labute approximate surface area is 78.5 Å². The highest BCUT2D eigenvalue weighted by Gasteiger charge is 1.96. The molecule has 4 heteroatoms. The lowest BCUT2D eigenvalue weighted by atomic mass is 10.2. The lowest BCUT2D eigenvalue weighted by Crippen LogP contribution is -2.01. The van der Waals surface area contributed by atoms with Gasteiger partial charge in [0.2, 0.25) is 5.88 Å². The molecule has 0 bridgehead atoms. The maximum absolute atomic E-state index is 5.39. The van der Waals surface area contributed by atoms with E-state index in [2.05, 4.69) is 10.2 Å². The smallest absolute Gasteiger partial charge is 0.232 e. The summed E-state index contributed by atoms with van der Waals surface area (Å²) in [7, 11) is 0. The van der Waals surface area contributed by atoms with E-state index in [-0.39, 0.29) is 0 Å². The molecule has 13 heavy (non-hydrogen) atoms. The van der Waals surface area contributed by atoms with Gasteiger partial charge in [0.1, 0.15) is 0 Å². The zero-order valence-corrected chi connectivity index (χ0v) is 8.05. The summed E-state index contributed by atoms with van der Waals surface area (Å²) in [5, 5.41) is 6.79. The summed E-state index contributed by atoms with van der Waals surface area (Å²) in [6.07, 6.45) is 3.24. The number of nitrogens with two attached hydrogens (primary N) is 1. The molecule has 0 radical (unpaired) electrons. The van der Waals surface area contributed by atoms with Crippen LogP contribution in [0.15, 0.2) is 6.07 Å². The van der Waals surface area contributed by atoms with E-state index < -0.39 is 0 Å². The van der Waals surface area contributed by atoms with E-state index in [9.17, 15) is 0 Å². The van der Waals surface area contributed by atoms with E-state index in [1.807, 2.05) is 13.0 Å². The molecule has 1 aromatic rings. The molecule has 1 heterocycles. The summed E-state index contributed by atoms with van der Waals surface area (Å²) >= 11 is 0. The predicted molar refractivity (Wildman–Crippen MR) is 51.7 cm³/mol. The van der Waals surface area contributed by atoms with Crippen molar-refractivity contribution >= 4 is 0 Å². The van der Waals surface area contributed by atoms with E-state index in [1.165, 1.54) is 0 Å². The normalized spacial score (nSPS) is 10.3. The summed E-state index contributed by atoms with van der Waals surface area (Å²) in [5.74, 6) is 0.685. The molecule has 0 aliphatic rings. The zero-order valence-electron chi connectivity index (χ0n) is 8.05. The molecule has 4 nitrogen and oxygen atoms in total. The van der Waals surface area contributed by atoms with Gasteiger partial charge in [-0.05, 0) is 32.7 Å². The van der Waals surface area contributed by atoms with Gasteiger partial charge in [-0.3, -0.25) is 5.10 Å². The van der Waals surface area contributed by atoms with Crippen LogP contribution >= 0.6 is 0 Å². The summed E-state index contributed by atoms with van der Waals surface area (Å²) in [6.45, 7) is 3.44. The molecule has 0 saturated carbocycles. The number of H-pyrrole nitrogens is 1. The topological polar surface area (TPSA) is 63.9 Å². The van der Waals surface area contributed by atoms with E-state index in [4.69, 9.17) is 10.5 Å². The van der Waals surface area contributed by atoms with Gasteiger partial charge >= 0.3 is 0 Å². The summed E-state index contributed by atoms with van der Waals surface area (Å²) in [6, 6.07) is 1.89. The van der Waals surface area contributed by atoms with E-state index >= 15 is 0 Å². The number of aryl methyl sites for hydroxylation is 1. The summed E-state index contributed by atoms with van der Waals surface area (Å²) in [5.41, 5.74) is 6.39. The number of nitrogens with one attached hydrogen (secondary N) is 1. The van der Waals surface area contributed by atoms with Gasteiger partial charge in [0, 0.05) is 11.8 Å². The lowest BCUT2D eigenvalue weighted by Gasteiger charge is -2.00. The molecule has 0 unspecified atom stereocenters. The van der Waals surface area contributed by atoms with Gasteiger partial charge in [-0.15, -0.1) is 5.10 Å². The molecular weight excluding hydrogens is 166 g/mol. The van der Waals surface area contributed by atoms with Gasteiger partial charge in [0.15, 0.2) is 0 Å². The monoisotopic (exact) mass is 183 g/mol. The Morgan fingerprint density at radius 1 is 1.46 bits per heavy atom. The van der Waals surface area contributed by atoms with Gasteiger partial charge in [-0.25, -0.2) is 0 Å². The Morgan fingerprint density at radius 2 is 2.31 bits per heavy atom. The van der Waals surface area contributed by atoms with Crippen molar-refractivity contribution in [3.63, 3.8) is 0 Å². The average molecular weight is 183 g/mol. The van der Waals surface area contributed by atoms with Gasteiger partial charge in [0.25, 0.3) is 0 Å². The second-order valence-electron chi connectivity index (χ2n) is 3.09. The van der Waals surface area contributed by atoms with Crippen molar-refractivity contribution in [2.24, 2.45) is 5.73 Å². The number of aromatic nitrogens is 2. The first-order valence-corrected chi connectivity index (χ1v) is 4.68. The number of aromatic amines is 1. The van der Waals surface area contributed by atoms with Crippen LogP contribution in [0, 0.1) is 6.92 Å². The van der Waals surface area contributed by atoms with Crippen LogP contribution in [0.4, 0.5) is 0 Å². The molecule has 0 aromatic carbocycles. The van der Waals surface area contributed by atoms with Crippen molar-refractivity contribution in [2.45, 2.75) is 26.2 Å². The lowest BCUT2D eigenvalue weighted by molar-refractivity contribution is 0.294. The standard InChI is InChI=1S/C9H17N3O/c1-8-7-9(12-11-8)13-6-4-2-3-5-10/h7H,2-6,10H2,1H3,(H,11,12). The zero-order chi connectivity index (χ0) is 9.52. The Kier molecular flexibility index (Phi) is 4.32. The van der Waals surface area contributed by atoms with Crippen LogP contribution in [0.3, 0.4) is 0 Å². The number of hydrogen-bond acceptors (Lipinski definition) is 3. The minimum Gasteiger partial charge on any atom is -0.477 e. The molecule has 74 valence electrons. The molecule has 0 aliphatic carbocycles. The van der Waals surface area contributed by atoms with Crippen LogP contribution < -0.4 is 10.5 Å². The van der Waals surface area contributed by atoms with Crippen LogP contribution in [-0.2, 0) is 0 Å². The SMILES string of the molecule is Cc1cc(OCCCCCN)n[nH]1. The van der Waals surface area contributed by atoms with Crippen molar-refractivity contribution in [1.29, 1.82) is 0 Å². The number of unbranched alkanes of at least 4 members (excludes halogenated alkanes) is 2. The third-order valence-electron chi connectivity index (χ3n) is 1.78. The van der Waals surface area contributed by atoms with Crippen molar-refractivity contribution < 1.29 is 4.74 Å². The minimum atomic E-state index is 0.685. The maximum atomic E-state index is 5.39. The van der Waals surface area contributed by atoms with Crippen LogP contribution in [0.5, 0.6) is 5.88 Å². The molecule has 0 saturated heterocycles. The van der Waals surface area contributed by atoms with Crippen molar-refractivity contribution in [3.8, 4) is 5.88 Å². The molecule has 0 atom stereocenters. The van der Waals surface area contributed by atoms with Gasteiger partial charge < -0.3 is 10.5 Å². The van der Waals surface area contributed by atoms with E-state index in [0.29, 0.717) is 5.88 Å². The fourth-order valence-corrected chi connectivity index (χ4v) is 1.07. The Balaban J connectivity index is 2.06. The first-order chi connectivity index (χ1) is 6.33. The fourth-order valence-electron chi connectivity index (χ4n) is 1.07. The molecule has 0 spiro atoms. The predicted octanol–water partition coefficient (Wildman–Crippen LogP) is 1.23. The summed E-state index contributed by atoms with van der Waals surface area (Å²) in [4.78, 5) is 0. The largest absolute Gasteiger partial charge is 0.477 e. The molecular formula is C9H17N3O. The maximum Gasteiger partial charge on any atom is 0.232 e. The molecule has 0 fully saturated rings. The Hall–Kier alpha value is -1.03. The van der Waals surface area contributed by atoms with Gasteiger partial charge in [-0.2, -0.15) is 0 Å². The second kappa shape index (κ2) is 5.59. The van der Waals surface area contributed by atoms with Gasteiger partial charge in [0.05, 0.1) is 6.61 Å². The van der Waals surface area contributed by atoms with Crippen LogP contribution in [0.2, 0.25) is 0 Å². The first-order valence-electron chi connectivity index (χ1n) is 4.68. The Morgan fingerprint density at radius 3 is 2.92 bits per heavy atom. The van der Waals surface area contributed by atoms with Gasteiger partial charge in [-0.1, -0.05) is 0 Å². The van der Waals surface area contributed by atoms with Crippen LogP contribution in [0.1, 0.15) is 25.0 Å². The number of nitrogens with zero attached hydrogens (tertiary/aromatic N) is 1. The molecule has 1 aromatic heterocycles. The highest BCUT2D eigenvalue weighted by atomic mass is 16.5. The van der Waals surface area contributed by atoms with Crippen molar-refractivity contribution in [2.75, 3.05) is 13.2 Å². The quantitative estimate of drug-likeness (QED) is 0.652. The highest BCUT2D eigenvalue weighted by Crippen LogP contribution is 2.07. The van der Waals surface area contributed by atoms with Crippen molar-refractivity contribution in [1.82, 2.24) is 10.2 Å². The first kappa shape index (κ1) is 10.1. The minimum absolute atomic E-state index is 0.685. The number of rotatable bonds is 6. The van der Waals surface area contributed by atoms with Crippen LogP contribution in [0.25, 0.3) is 0 Å². The number of ether oxygens (including phenoxy) is 1. The van der Waals surface area contributed by atoms with E-state index in [0.717, 1.165) is 38.1 Å². The fraction of sp³-hybridized carbons (Fsp3) is 0.667. The van der Waals surface area contributed by atoms with Crippen LogP contribution in [-0.4, -0.2) is 23.3 Å².